The summed E-state index contributed by atoms with van der Waals surface area (Å²) in [4.78, 5) is 19.0. The van der Waals surface area contributed by atoms with E-state index in [9.17, 15) is 9.90 Å². The van der Waals surface area contributed by atoms with Crippen LogP contribution < -0.4 is 5.56 Å². The van der Waals surface area contributed by atoms with Gasteiger partial charge >= 0.3 is 0 Å². The molecule has 2 rings (SSSR count). The smallest absolute Gasteiger partial charge is 0.258 e. The van der Waals surface area contributed by atoms with Crippen molar-refractivity contribution in [2.45, 2.75) is 40.5 Å². The molecule has 1 aromatic carbocycles. The highest BCUT2D eigenvalue weighted by molar-refractivity contribution is 5.62. The summed E-state index contributed by atoms with van der Waals surface area (Å²) in [6.45, 7) is 7.99. The molecule has 2 aromatic rings. The molecule has 0 aliphatic heterocycles. The largest absolute Gasteiger partial charge is 0.493 e. The Morgan fingerprint density at radius 2 is 1.80 bits per heavy atom. The molecule has 0 spiro atoms. The predicted molar refractivity (Wildman–Crippen MR) is 80.2 cm³/mol. The van der Waals surface area contributed by atoms with E-state index in [0.717, 1.165) is 23.1 Å². The summed E-state index contributed by atoms with van der Waals surface area (Å²) in [5, 5.41) is 9.95. The van der Waals surface area contributed by atoms with Gasteiger partial charge in [0.25, 0.3) is 5.56 Å². The maximum absolute atomic E-state index is 12.0. The third-order valence-corrected chi connectivity index (χ3v) is 3.59. The highest BCUT2D eigenvalue weighted by atomic mass is 16.3. The van der Waals surface area contributed by atoms with Crippen molar-refractivity contribution < 1.29 is 5.11 Å². The molecule has 0 aliphatic rings. The number of hydrogen-bond donors (Lipinski definition) is 2. The van der Waals surface area contributed by atoms with Crippen LogP contribution in [0.15, 0.2) is 16.9 Å². The molecule has 0 aliphatic carbocycles. The maximum atomic E-state index is 12.0. The van der Waals surface area contributed by atoms with E-state index in [2.05, 4.69) is 16.0 Å². The maximum Gasteiger partial charge on any atom is 0.258 e. The first-order valence-electron chi connectivity index (χ1n) is 6.84. The lowest BCUT2D eigenvalue weighted by atomic mass is 10.0. The quantitative estimate of drug-likeness (QED) is 0.902. The highest BCUT2D eigenvalue weighted by Crippen LogP contribution is 2.24. The zero-order valence-electron chi connectivity index (χ0n) is 12.4. The van der Waals surface area contributed by atoms with Crippen LogP contribution in [0.3, 0.4) is 0 Å². The van der Waals surface area contributed by atoms with Crippen molar-refractivity contribution in [3.63, 3.8) is 0 Å². The Morgan fingerprint density at radius 1 is 1.15 bits per heavy atom. The van der Waals surface area contributed by atoms with Gasteiger partial charge in [-0.3, -0.25) is 4.79 Å². The average Bonchev–Trinajstić information content (AvgIpc) is 2.38. The summed E-state index contributed by atoms with van der Waals surface area (Å²) in [6, 6.07) is 4.05. The van der Waals surface area contributed by atoms with Crippen LogP contribution in [-0.4, -0.2) is 15.1 Å². The molecule has 4 heteroatoms. The Balaban J connectivity index is 2.60. The van der Waals surface area contributed by atoms with Gasteiger partial charge in [-0.2, -0.15) is 4.98 Å². The molecule has 1 heterocycles. The zero-order valence-corrected chi connectivity index (χ0v) is 12.4. The van der Waals surface area contributed by atoms with Crippen LogP contribution in [0.25, 0.3) is 11.4 Å². The second-order valence-electron chi connectivity index (χ2n) is 5.22. The molecule has 0 bridgehead atoms. The summed E-state index contributed by atoms with van der Waals surface area (Å²) in [7, 11) is 0. The number of hydrogen-bond acceptors (Lipinski definition) is 3. The Kier molecular flexibility index (Phi) is 3.93. The van der Waals surface area contributed by atoms with Crippen LogP contribution in [0.5, 0.6) is 5.88 Å². The first-order chi connectivity index (χ1) is 9.43. The van der Waals surface area contributed by atoms with E-state index in [-0.39, 0.29) is 11.4 Å². The molecule has 106 valence electrons. The number of nitrogens with one attached hydrogen (secondary N) is 1. The van der Waals surface area contributed by atoms with Gasteiger partial charge in [0, 0.05) is 5.56 Å². The highest BCUT2D eigenvalue weighted by Gasteiger charge is 2.13. The number of rotatable bonds is 3. The van der Waals surface area contributed by atoms with Gasteiger partial charge in [0.15, 0.2) is 0 Å². The molecule has 0 atom stereocenters. The van der Waals surface area contributed by atoms with Gasteiger partial charge in [-0.15, -0.1) is 0 Å². The summed E-state index contributed by atoms with van der Waals surface area (Å²) in [5.74, 6) is 0.260. The average molecular weight is 272 g/mol. The van der Waals surface area contributed by atoms with E-state index in [0.29, 0.717) is 17.8 Å². The molecule has 1 aromatic heterocycles. The van der Waals surface area contributed by atoms with Crippen LogP contribution in [-0.2, 0) is 6.42 Å². The van der Waals surface area contributed by atoms with E-state index in [1.54, 1.807) is 0 Å². The van der Waals surface area contributed by atoms with Crippen LogP contribution in [0.1, 0.15) is 35.6 Å². The minimum atomic E-state index is -0.257. The Hall–Kier alpha value is -2.10. The van der Waals surface area contributed by atoms with E-state index < -0.39 is 0 Å². The summed E-state index contributed by atoms with van der Waals surface area (Å²) >= 11 is 0. The SMILES string of the molecule is CCCc1c(O)nc(-c2cc(C)c(C)cc2C)[nH]c1=O. The number of H-pyrrole nitrogens is 1. The van der Waals surface area contributed by atoms with Crippen LogP contribution >= 0.6 is 0 Å². The van der Waals surface area contributed by atoms with Crippen LogP contribution in [0.4, 0.5) is 0 Å². The number of aryl methyl sites for hydroxylation is 3. The molecule has 0 unspecified atom stereocenters. The second kappa shape index (κ2) is 5.49. The van der Waals surface area contributed by atoms with E-state index >= 15 is 0 Å². The normalized spacial score (nSPS) is 10.8. The Morgan fingerprint density at radius 3 is 2.40 bits per heavy atom. The van der Waals surface area contributed by atoms with Gasteiger partial charge in [0.05, 0.1) is 5.56 Å². The number of benzene rings is 1. The van der Waals surface area contributed by atoms with Gasteiger partial charge in [0.1, 0.15) is 5.82 Å². The molecular weight excluding hydrogens is 252 g/mol. The lowest BCUT2D eigenvalue weighted by Crippen LogP contribution is -2.15. The molecule has 4 nitrogen and oxygen atoms in total. The summed E-state index contributed by atoms with van der Waals surface area (Å²) in [6.07, 6.45) is 1.32. The molecule has 2 N–H and O–H groups in total. The molecule has 0 saturated carbocycles. The molecule has 0 amide bonds. The van der Waals surface area contributed by atoms with Crippen molar-refractivity contribution in [2.24, 2.45) is 0 Å². The van der Waals surface area contributed by atoms with Gasteiger partial charge in [-0.25, -0.2) is 0 Å². The topological polar surface area (TPSA) is 66.0 Å². The minimum Gasteiger partial charge on any atom is -0.493 e. The second-order valence-corrected chi connectivity index (χ2v) is 5.22. The first kappa shape index (κ1) is 14.3. The predicted octanol–water partition coefficient (Wildman–Crippen LogP) is 3.02. The van der Waals surface area contributed by atoms with Crippen molar-refractivity contribution in [2.75, 3.05) is 0 Å². The van der Waals surface area contributed by atoms with Crippen molar-refractivity contribution in [1.29, 1.82) is 0 Å². The molecule has 0 fully saturated rings. The van der Waals surface area contributed by atoms with Gasteiger partial charge in [-0.05, 0) is 49.9 Å². The minimum absolute atomic E-state index is 0.164. The van der Waals surface area contributed by atoms with Crippen molar-refractivity contribution in [3.05, 3.63) is 44.7 Å². The fourth-order valence-electron chi connectivity index (χ4n) is 2.30. The number of aromatic amines is 1. The Labute approximate surface area is 118 Å². The lowest BCUT2D eigenvalue weighted by Gasteiger charge is -2.10. The molecular formula is C16H20N2O2. The van der Waals surface area contributed by atoms with Gasteiger partial charge < -0.3 is 10.1 Å². The number of aromatic nitrogens is 2. The fourth-order valence-corrected chi connectivity index (χ4v) is 2.30. The van der Waals surface area contributed by atoms with Crippen molar-refractivity contribution in [3.8, 4) is 17.3 Å². The van der Waals surface area contributed by atoms with Crippen molar-refractivity contribution >= 4 is 0 Å². The van der Waals surface area contributed by atoms with Crippen LogP contribution in [0.2, 0.25) is 0 Å². The third-order valence-electron chi connectivity index (χ3n) is 3.59. The van der Waals surface area contributed by atoms with Gasteiger partial charge in [-0.1, -0.05) is 19.4 Å². The molecule has 0 saturated heterocycles. The molecule has 0 radical (unpaired) electrons. The van der Waals surface area contributed by atoms with Gasteiger partial charge in [0.2, 0.25) is 5.88 Å². The third kappa shape index (κ3) is 2.59. The van der Waals surface area contributed by atoms with E-state index in [1.807, 2.05) is 33.8 Å². The van der Waals surface area contributed by atoms with E-state index in [1.165, 1.54) is 5.56 Å². The first-order valence-corrected chi connectivity index (χ1v) is 6.84. The van der Waals surface area contributed by atoms with Crippen molar-refractivity contribution in [1.82, 2.24) is 9.97 Å². The number of nitrogens with zero attached hydrogens (tertiary/aromatic N) is 1. The molecule has 20 heavy (non-hydrogen) atoms. The van der Waals surface area contributed by atoms with E-state index in [4.69, 9.17) is 0 Å². The number of aromatic hydroxyl groups is 1. The zero-order chi connectivity index (χ0) is 14.9. The summed E-state index contributed by atoms with van der Waals surface area (Å²) < 4.78 is 0. The van der Waals surface area contributed by atoms with Crippen LogP contribution in [0, 0.1) is 20.8 Å². The monoisotopic (exact) mass is 272 g/mol. The standard InChI is InChI=1S/C16H20N2O2/c1-5-6-12-15(19)17-14(18-16(12)20)13-8-10(3)9(2)7-11(13)4/h7-8H,5-6H2,1-4H3,(H2,17,18,19,20). The fraction of sp³-hybridized carbons (Fsp3) is 0.375. The lowest BCUT2D eigenvalue weighted by molar-refractivity contribution is 0.443. The Bertz CT molecular complexity index is 702. The summed E-state index contributed by atoms with van der Waals surface area (Å²) in [5.41, 5.74) is 4.30.